The van der Waals surface area contributed by atoms with E-state index in [1.165, 1.54) is 4.90 Å². The van der Waals surface area contributed by atoms with E-state index in [9.17, 15) is 9.59 Å². The van der Waals surface area contributed by atoms with Gasteiger partial charge in [0, 0.05) is 18.3 Å². The Hall–Kier alpha value is -2.38. The molecule has 0 saturated carbocycles. The molecule has 0 aliphatic carbocycles. The molecule has 1 atom stereocenters. The third kappa shape index (κ3) is 3.83. The van der Waals surface area contributed by atoms with Crippen molar-refractivity contribution in [1.29, 1.82) is 0 Å². The van der Waals surface area contributed by atoms with Gasteiger partial charge in [-0.2, -0.15) is 0 Å². The van der Waals surface area contributed by atoms with Crippen molar-refractivity contribution in [3.05, 3.63) is 17.6 Å². The molecule has 0 radical (unpaired) electrons. The van der Waals surface area contributed by atoms with E-state index in [1.54, 1.807) is 11.0 Å². The molecule has 2 saturated heterocycles. The van der Waals surface area contributed by atoms with Crippen molar-refractivity contribution in [2.24, 2.45) is 0 Å². The number of ether oxygens (including phenoxy) is 2. The monoisotopic (exact) mass is 348 g/mol. The van der Waals surface area contributed by atoms with Gasteiger partial charge in [0.05, 0.1) is 12.6 Å². The summed E-state index contributed by atoms with van der Waals surface area (Å²) < 4.78 is 10.5. The smallest absolute Gasteiger partial charge is 0.415 e. The molecular formula is C17H24N4O4. The maximum Gasteiger partial charge on any atom is 0.415 e. The molecule has 2 aliphatic heterocycles. The fourth-order valence-electron chi connectivity index (χ4n) is 3.04. The summed E-state index contributed by atoms with van der Waals surface area (Å²) in [5, 5.41) is 0. The average molecular weight is 348 g/mol. The largest absolute Gasteiger partial charge is 0.447 e. The van der Waals surface area contributed by atoms with Gasteiger partial charge in [0.2, 0.25) is 0 Å². The molecule has 8 heteroatoms. The summed E-state index contributed by atoms with van der Waals surface area (Å²) in [6.45, 7) is 8.81. The van der Waals surface area contributed by atoms with Gasteiger partial charge >= 0.3 is 12.2 Å². The summed E-state index contributed by atoms with van der Waals surface area (Å²) in [6.07, 6.45) is 0.872. The van der Waals surface area contributed by atoms with Crippen LogP contribution in [0.15, 0.2) is 6.07 Å². The molecule has 0 bridgehead atoms. The summed E-state index contributed by atoms with van der Waals surface area (Å²) in [4.78, 5) is 36.5. The van der Waals surface area contributed by atoms with Gasteiger partial charge in [-0.3, -0.25) is 9.80 Å². The van der Waals surface area contributed by atoms with E-state index in [0.717, 1.165) is 18.5 Å². The summed E-state index contributed by atoms with van der Waals surface area (Å²) in [7, 11) is 0. The number of aryl methyl sites for hydroxylation is 1. The van der Waals surface area contributed by atoms with Crippen molar-refractivity contribution in [1.82, 2.24) is 14.9 Å². The first kappa shape index (κ1) is 17.4. The van der Waals surface area contributed by atoms with Gasteiger partial charge in [-0.25, -0.2) is 19.6 Å². The maximum atomic E-state index is 12.5. The average Bonchev–Trinajstić information content (AvgIpc) is 3.13. The molecule has 136 valence electrons. The zero-order chi connectivity index (χ0) is 18.2. The van der Waals surface area contributed by atoms with E-state index in [1.807, 2.05) is 27.7 Å². The molecule has 0 aromatic carbocycles. The molecule has 0 spiro atoms. The summed E-state index contributed by atoms with van der Waals surface area (Å²) in [5.41, 5.74) is 0.193. The molecule has 0 N–H and O–H groups in total. The summed E-state index contributed by atoms with van der Waals surface area (Å²) in [6, 6.07) is 1.51. The first-order chi connectivity index (χ1) is 11.7. The molecule has 3 rings (SSSR count). The summed E-state index contributed by atoms with van der Waals surface area (Å²) in [5.74, 6) is 1.05. The van der Waals surface area contributed by atoms with E-state index in [0.29, 0.717) is 31.3 Å². The number of carbonyl (C=O) groups excluding carboxylic acids is 2. The lowest BCUT2D eigenvalue weighted by Gasteiger charge is -2.28. The lowest BCUT2D eigenvalue weighted by molar-refractivity contribution is 0.0218. The number of carbonyl (C=O) groups is 2. The van der Waals surface area contributed by atoms with Crippen molar-refractivity contribution in [2.75, 3.05) is 24.6 Å². The van der Waals surface area contributed by atoms with Crippen LogP contribution in [0.1, 0.15) is 51.2 Å². The zero-order valence-corrected chi connectivity index (χ0v) is 15.1. The lowest BCUT2D eigenvalue weighted by atomic mass is 10.2. The third-order valence-electron chi connectivity index (χ3n) is 4.07. The maximum absolute atomic E-state index is 12.5. The Kier molecular flexibility index (Phi) is 4.53. The lowest BCUT2D eigenvalue weighted by Crippen LogP contribution is -2.37. The van der Waals surface area contributed by atoms with Crippen LogP contribution in [-0.2, 0) is 9.47 Å². The number of aromatic nitrogens is 2. The number of amides is 2. The standard InChI is InChI=1S/C17H24N4O4/c1-11-10-13(21-8-9-24-15(21)22)19-14(18-11)12-6-5-7-20(12)16(23)25-17(2,3)4/h10,12H,5-9H2,1-4H3/t12-/m0/s1. The second-order valence-corrected chi connectivity index (χ2v) is 7.32. The highest BCUT2D eigenvalue weighted by atomic mass is 16.6. The Bertz CT molecular complexity index is 686. The number of cyclic esters (lactones) is 1. The minimum Gasteiger partial charge on any atom is -0.447 e. The highest BCUT2D eigenvalue weighted by Crippen LogP contribution is 2.32. The van der Waals surface area contributed by atoms with Crippen LogP contribution in [0.4, 0.5) is 15.4 Å². The molecular weight excluding hydrogens is 324 g/mol. The normalized spacial score (nSPS) is 20.8. The minimum atomic E-state index is -0.553. The highest BCUT2D eigenvalue weighted by Gasteiger charge is 2.36. The van der Waals surface area contributed by atoms with Crippen molar-refractivity contribution in [3.63, 3.8) is 0 Å². The predicted octanol–water partition coefficient (Wildman–Crippen LogP) is 2.81. The quantitative estimate of drug-likeness (QED) is 0.817. The molecule has 2 fully saturated rings. The van der Waals surface area contributed by atoms with E-state index >= 15 is 0 Å². The number of hydrogen-bond donors (Lipinski definition) is 0. The molecule has 1 aromatic rings. The van der Waals surface area contributed by atoms with Crippen LogP contribution in [0.2, 0.25) is 0 Å². The molecule has 25 heavy (non-hydrogen) atoms. The van der Waals surface area contributed by atoms with E-state index in [4.69, 9.17) is 9.47 Å². The van der Waals surface area contributed by atoms with Gasteiger partial charge < -0.3 is 9.47 Å². The van der Waals surface area contributed by atoms with Crippen LogP contribution >= 0.6 is 0 Å². The van der Waals surface area contributed by atoms with Gasteiger partial charge in [0.15, 0.2) is 5.82 Å². The summed E-state index contributed by atoms with van der Waals surface area (Å²) >= 11 is 0. The molecule has 0 unspecified atom stereocenters. The van der Waals surface area contributed by atoms with Gasteiger partial charge in [-0.15, -0.1) is 0 Å². The third-order valence-corrected chi connectivity index (χ3v) is 4.07. The van der Waals surface area contributed by atoms with Crippen molar-refractivity contribution >= 4 is 18.0 Å². The van der Waals surface area contributed by atoms with Crippen LogP contribution in [0.25, 0.3) is 0 Å². The first-order valence-electron chi connectivity index (χ1n) is 8.54. The van der Waals surface area contributed by atoms with Gasteiger partial charge in [-0.1, -0.05) is 0 Å². The van der Waals surface area contributed by atoms with Crippen LogP contribution < -0.4 is 4.90 Å². The van der Waals surface area contributed by atoms with Crippen LogP contribution in [0.3, 0.4) is 0 Å². The number of hydrogen-bond acceptors (Lipinski definition) is 6. The zero-order valence-electron chi connectivity index (χ0n) is 15.1. The molecule has 2 aliphatic rings. The van der Waals surface area contributed by atoms with Crippen LogP contribution in [0, 0.1) is 6.92 Å². The van der Waals surface area contributed by atoms with Crippen molar-refractivity contribution < 1.29 is 19.1 Å². The van der Waals surface area contributed by atoms with E-state index in [-0.39, 0.29) is 12.1 Å². The molecule has 3 heterocycles. The Morgan fingerprint density at radius 3 is 2.72 bits per heavy atom. The second-order valence-electron chi connectivity index (χ2n) is 7.32. The Labute approximate surface area is 147 Å². The predicted molar refractivity (Wildman–Crippen MR) is 90.4 cm³/mol. The number of likely N-dealkylation sites (tertiary alicyclic amines) is 1. The molecule has 8 nitrogen and oxygen atoms in total. The molecule has 2 amide bonds. The second kappa shape index (κ2) is 6.50. The Morgan fingerprint density at radius 2 is 2.08 bits per heavy atom. The van der Waals surface area contributed by atoms with Crippen LogP contribution in [-0.4, -0.2) is 52.4 Å². The van der Waals surface area contributed by atoms with E-state index in [2.05, 4.69) is 9.97 Å². The van der Waals surface area contributed by atoms with Gasteiger partial charge in [-0.05, 0) is 40.5 Å². The van der Waals surface area contributed by atoms with Crippen molar-refractivity contribution in [3.8, 4) is 0 Å². The first-order valence-corrected chi connectivity index (χ1v) is 8.54. The fraction of sp³-hybridized carbons (Fsp3) is 0.647. The van der Waals surface area contributed by atoms with Crippen LogP contribution in [0.5, 0.6) is 0 Å². The van der Waals surface area contributed by atoms with Gasteiger partial charge in [0.1, 0.15) is 18.0 Å². The topological polar surface area (TPSA) is 84.9 Å². The number of anilines is 1. The van der Waals surface area contributed by atoms with Crippen molar-refractivity contribution in [2.45, 2.75) is 52.2 Å². The highest BCUT2D eigenvalue weighted by molar-refractivity contribution is 5.88. The number of rotatable bonds is 2. The van der Waals surface area contributed by atoms with Gasteiger partial charge in [0.25, 0.3) is 0 Å². The minimum absolute atomic E-state index is 0.243. The molecule has 1 aromatic heterocycles. The SMILES string of the molecule is Cc1cc(N2CCOC2=O)nc([C@@H]2CCCN2C(=O)OC(C)(C)C)n1. The van der Waals surface area contributed by atoms with E-state index < -0.39 is 11.7 Å². The fourth-order valence-corrected chi connectivity index (χ4v) is 3.04. The Morgan fingerprint density at radius 1 is 1.32 bits per heavy atom. The Balaban J connectivity index is 1.86. The number of nitrogens with zero attached hydrogens (tertiary/aromatic N) is 4.